The maximum atomic E-state index is 12.3. The topological polar surface area (TPSA) is 114 Å². The summed E-state index contributed by atoms with van der Waals surface area (Å²) in [5.74, 6) is -0.0328. The molecule has 0 saturated carbocycles. The third kappa shape index (κ3) is 4.32. The van der Waals surface area contributed by atoms with Gasteiger partial charge < -0.3 is 11.1 Å². The van der Waals surface area contributed by atoms with Crippen LogP contribution in [-0.4, -0.2) is 32.2 Å². The van der Waals surface area contributed by atoms with Crippen LogP contribution in [-0.2, 0) is 10.2 Å². The van der Waals surface area contributed by atoms with Crippen molar-refractivity contribution in [3.05, 3.63) is 22.8 Å². The molecule has 4 N–H and O–H groups in total. The Labute approximate surface area is 142 Å². The van der Waals surface area contributed by atoms with Gasteiger partial charge in [0.05, 0.1) is 10.8 Å². The summed E-state index contributed by atoms with van der Waals surface area (Å²) >= 11 is 2.51. The molecule has 0 bridgehead atoms. The first-order valence-corrected chi connectivity index (χ1v) is 8.72. The number of carbonyl (C=O) groups excluding carboxylic acids is 2. The molecule has 1 atom stereocenters. The maximum absolute atomic E-state index is 12.3. The first kappa shape index (κ1) is 17.5. The fourth-order valence-corrected chi connectivity index (χ4v) is 3.18. The lowest BCUT2D eigenvalue weighted by Crippen LogP contribution is -2.23. The van der Waals surface area contributed by atoms with Crippen LogP contribution in [0.1, 0.15) is 43.9 Å². The molecule has 1 unspecified atom stereocenters. The lowest BCUT2D eigenvalue weighted by Gasteiger charge is -2.13. The largest absolute Gasteiger partial charge is 0.366 e. The van der Waals surface area contributed by atoms with Gasteiger partial charge in [0.2, 0.25) is 11.1 Å². The molecular formula is C14H19N5O2S2. The minimum atomic E-state index is -0.564. The van der Waals surface area contributed by atoms with E-state index in [4.69, 9.17) is 5.73 Å². The van der Waals surface area contributed by atoms with E-state index in [0.717, 1.165) is 5.82 Å². The van der Waals surface area contributed by atoms with Gasteiger partial charge >= 0.3 is 0 Å². The van der Waals surface area contributed by atoms with Crippen LogP contribution >= 0.6 is 23.1 Å². The number of nitrogens with zero attached hydrogens (tertiary/aromatic N) is 2. The third-order valence-electron chi connectivity index (χ3n) is 2.99. The molecule has 0 fully saturated rings. The maximum Gasteiger partial charge on any atom is 0.251 e. The van der Waals surface area contributed by atoms with Crippen molar-refractivity contribution in [2.24, 2.45) is 5.73 Å². The number of anilines is 1. The number of primary amides is 1. The Kier molecular flexibility index (Phi) is 5.10. The summed E-state index contributed by atoms with van der Waals surface area (Å²) in [6, 6.07) is 1.59. The molecule has 2 aromatic heterocycles. The van der Waals surface area contributed by atoms with Crippen molar-refractivity contribution in [2.75, 3.05) is 5.32 Å². The van der Waals surface area contributed by atoms with Gasteiger partial charge in [0.15, 0.2) is 0 Å². The first-order valence-electron chi connectivity index (χ1n) is 6.96. The van der Waals surface area contributed by atoms with Crippen LogP contribution in [0, 0.1) is 0 Å². The van der Waals surface area contributed by atoms with E-state index in [9.17, 15) is 9.59 Å². The van der Waals surface area contributed by atoms with E-state index in [1.807, 2.05) is 20.8 Å². The number of thiophene rings is 1. The number of rotatable bonds is 5. The van der Waals surface area contributed by atoms with Gasteiger partial charge in [-0.25, -0.2) is 4.98 Å². The Morgan fingerprint density at radius 1 is 1.43 bits per heavy atom. The van der Waals surface area contributed by atoms with Crippen LogP contribution in [0.25, 0.3) is 0 Å². The number of nitrogens with two attached hydrogens (primary N) is 1. The highest BCUT2D eigenvalue weighted by molar-refractivity contribution is 8.00. The number of nitrogens with one attached hydrogen (secondary N) is 2. The van der Waals surface area contributed by atoms with Crippen LogP contribution in [0.4, 0.5) is 5.00 Å². The Balaban J connectivity index is 2.01. The zero-order chi connectivity index (χ0) is 17.2. The van der Waals surface area contributed by atoms with Gasteiger partial charge in [0.1, 0.15) is 10.8 Å². The zero-order valence-corrected chi connectivity index (χ0v) is 15.0. The van der Waals surface area contributed by atoms with E-state index in [1.165, 1.54) is 23.1 Å². The predicted octanol–water partition coefficient (Wildman–Crippen LogP) is 2.38. The number of aromatic amines is 1. The van der Waals surface area contributed by atoms with Crippen LogP contribution in [0.3, 0.4) is 0 Å². The zero-order valence-electron chi connectivity index (χ0n) is 13.3. The van der Waals surface area contributed by atoms with Crippen LogP contribution in [0.5, 0.6) is 0 Å². The average Bonchev–Trinajstić information content (AvgIpc) is 3.06. The van der Waals surface area contributed by atoms with Crippen molar-refractivity contribution < 1.29 is 9.59 Å². The van der Waals surface area contributed by atoms with Crippen LogP contribution in [0.15, 0.2) is 16.6 Å². The van der Waals surface area contributed by atoms with Gasteiger partial charge in [-0.15, -0.1) is 16.4 Å². The summed E-state index contributed by atoms with van der Waals surface area (Å²) in [6.45, 7) is 7.84. The first-order chi connectivity index (χ1) is 10.7. The molecular weight excluding hydrogens is 334 g/mol. The lowest BCUT2D eigenvalue weighted by atomic mass is 9.96. The van der Waals surface area contributed by atoms with Crippen molar-refractivity contribution >= 4 is 39.9 Å². The number of aromatic nitrogens is 3. The van der Waals surface area contributed by atoms with Crippen molar-refractivity contribution in [2.45, 2.75) is 43.5 Å². The molecule has 0 aromatic carbocycles. The molecule has 2 heterocycles. The van der Waals surface area contributed by atoms with Gasteiger partial charge in [0.25, 0.3) is 5.91 Å². The van der Waals surface area contributed by atoms with E-state index >= 15 is 0 Å². The van der Waals surface area contributed by atoms with E-state index < -0.39 is 11.2 Å². The van der Waals surface area contributed by atoms with Gasteiger partial charge in [-0.1, -0.05) is 32.5 Å². The summed E-state index contributed by atoms with van der Waals surface area (Å²) in [5.41, 5.74) is 5.44. The molecule has 7 nitrogen and oxygen atoms in total. The van der Waals surface area contributed by atoms with Gasteiger partial charge in [-0.05, 0) is 18.4 Å². The molecule has 0 aliphatic rings. The number of hydrogen-bond acceptors (Lipinski definition) is 6. The Morgan fingerprint density at radius 2 is 2.13 bits per heavy atom. The summed E-state index contributed by atoms with van der Waals surface area (Å²) in [4.78, 5) is 27.9. The second kappa shape index (κ2) is 6.71. The van der Waals surface area contributed by atoms with E-state index in [2.05, 4.69) is 20.5 Å². The molecule has 124 valence electrons. The number of hydrogen-bond donors (Lipinski definition) is 3. The average molecular weight is 353 g/mol. The quantitative estimate of drug-likeness (QED) is 0.714. The Morgan fingerprint density at radius 3 is 2.70 bits per heavy atom. The molecule has 0 spiro atoms. The number of thioether (sulfide) groups is 1. The Bertz CT molecular complexity index is 717. The van der Waals surface area contributed by atoms with Gasteiger partial charge in [0, 0.05) is 5.41 Å². The van der Waals surface area contributed by atoms with Gasteiger partial charge in [-0.3, -0.25) is 14.7 Å². The Hall–Kier alpha value is -1.87. The molecule has 9 heteroatoms. The highest BCUT2D eigenvalue weighted by atomic mass is 32.2. The highest BCUT2D eigenvalue weighted by Gasteiger charge is 2.22. The fraction of sp³-hybridized carbons (Fsp3) is 0.429. The molecule has 0 aliphatic heterocycles. The normalized spacial score (nSPS) is 12.9. The minimum Gasteiger partial charge on any atom is -0.366 e. The molecule has 2 aromatic rings. The molecule has 0 saturated heterocycles. The minimum absolute atomic E-state index is 0.134. The van der Waals surface area contributed by atoms with E-state index in [0.29, 0.717) is 15.7 Å². The standard InChI is InChI=1S/C14H19N5O2S2/c1-7(23-13-17-12(18-19-13)14(2,3)4)10(21)16-11-8(9(15)20)5-6-22-11/h5-7H,1-4H3,(H2,15,20)(H,16,21)(H,17,18,19). The SMILES string of the molecule is CC(Sc1n[nH]c(C(C)(C)C)n1)C(=O)Nc1sccc1C(N)=O. The third-order valence-corrected chi connectivity index (χ3v) is 4.78. The summed E-state index contributed by atoms with van der Waals surface area (Å²) < 4.78 is 0. The predicted molar refractivity (Wildman–Crippen MR) is 91.9 cm³/mol. The monoisotopic (exact) mass is 353 g/mol. The summed E-state index contributed by atoms with van der Waals surface area (Å²) in [7, 11) is 0. The molecule has 23 heavy (non-hydrogen) atoms. The molecule has 2 amide bonds. The second-order valence-corrected chi connectivity index (χ2v) is 8.22. The lowest BCUT2D eigenvalue weighted by molar-refractivity contribution is -0.115. The van der Waals surface area contributed by atoms with Gasteiger partial charge in [-0.2, -0.15) is 0 Å². The molecule has 0 aliphatic carbocycles. The molecule has 0 radical (unpaired) electrons. The van der Waals surface area contributed by atoms with E-state index in [-0.39, 0.29) is 11.3 Å². The number of amides is 2. The van der Waals surface area contributed by atoms with Crippen molar-refractivity contribution in [3.8, 4) is 0 Å². The number of H-pyrrole nitrogens is 1. The number of carbonyl (C=O) groups is 2. The highest BCUT2D eigenvalue weighted by Crippen LogP contribution is 2.27. The summed E-state index contributed by atoms with van der Waals surface area (Å²) in [6.07, 6.45) is 0. The smallest absolute Gasteiger partial charge is 0.251 e. The van der Waals surface area contributed by atoms with Crippen LogP contribution in [0.2, 0.25) is 0 Å². The van der Waals surface area contributed by atoms with Crippen molar-refractivity contribution in [1.82, 2.24) is 15.2 Å². The second-order valence-electron chi connectivity index (χ2n) is 5.99. The van der Waals surface area contributed by atoms with Crippen molar-refractivity contribution in [1.29, 1.82) is 0 Å². The van der Waals surface area contributed by atoms with E-state index in [1.54, 1.807) is 18.4 Å². The fourth-order valence-electron chi connectivity index (χ4n) is 1.66. The summed E-state index contributed by atoms with van der Waals surface area (Å²) in [5, 5.41) is 12.0. The van der Waals surface area contributed by atoms with Crippen molar-refractivity contribution in [3.63, 3.8) is 0 Å². The van der Waals surface area contributed by atoms with Crippen LogP contribution < -0.4 is 11.1 Å². The molecule has 2 rings (SSSR count).